The van der Waals surface area contributed by atoms with E-state index in [0.717, 1.165) is 18.4 Å². The molecule has 1 aromatic heterocycles. The topological polar surface area (TPSA) is 81.6 Å². The molecule has 152 valence electrons. The summed E-state index contributed by atoms with van der Waals surface area (Å²) in [4.78, 5) is 25.9. The highest BCUT2D eigenvalue weighted by Crippen LogP contribution is 2.44. The number of amides is 2. The molecular formula is C19H18ClN3O4S2. The number of hydrogen-bond acceptors (Lipinski definition) is 6. The highest BCUT2D eigenvalue weighted by molar-refractivity contribution is 7.73. The van der Waals surface area contributed by atoms with Gasteiger partial charge in [0.1, 0.15) is 10.7 Å². The van der Waals surface area contributed by atoms with Gasteiger partial charge >= 0.3 is 0 Å². The Hall–Kier alpha value is -2.10. The lowest BCUT2D eigenvalue weighted by Crippen LogP contribution is -2.42. The Labute approximate surface area is 181 Å². The Morgan fingerprint density at radius 3 is 3.03 bits per heavy atom. The molecule has 29 heavy (non-hydrogen) atoms. The number of rotatable bonds is 3. The molecule has 3 aliphatic rings. The van der Waals surface area contributed by atoms with E-state index in [-0.39, 0.29) is 35.9 Å². The molecule has 3 atom stereocenters. The molecule has 2 aromatic rings. The third-order valence-corrected chi connectivity index (χ3v) is 7.40. The molecule has 3 heterocycles. The van der Waals surface area contributed by atoms with Crippen molar-refractivity contribution in [3.05, 3.63) is 32.6 Å². The van der Waals surface area contributed by atoms with Gasteiger partial charge in [-0.1, -0.05) is 17.4 Å². The first-order valence-electron chi connectivity index (χ1n) is 9.38. The predicted molar refractivity (Wildman–Crippen MR) is 112 cm³/mol. The van der Waals surface area contributed by atoms with Crippen LogP contribution in [0.3, 0.4) is 0 Å². The van der Waals surface area contributed by atoms with Crippen LogP contribution in [0.2, 0.25) is 0 Å². The van der Waals surface area contributed by atoms with Gasteiger partial charge in [0.25, 0.3) is 5.91 Å². The lowest BCUT2D eigenvalue weighted by atomic mass is 9.82. The van der Waals surface area contributed by atoms with Crippen LogP contribution >= 0.6 is 35.2 Å². The zero-order valence-corrected chi connectivity index (χ0v) is 17.7. The van der Waals surface area contributed by atoms with Gasteiger partial charge in [-0.05, 0) is 49.2 Å². The number of hydrogen-bond donors (Lipinski definition) is 2. The maximum Gasteiger partial charge on any atom is 0.265 e. The zero-order valence-electron chi connectivity index (χ0n) is 15.3. The van der Waals surface area contributed by atoms with Crippen molar-refractivity contribution in [1.82, 2.24) is 9.88 Å². The Kier molecular flexibility index (Phi) is 4.76. The second-order valence-corrected chi connectivity index (χ2v) is 9.62. The number of halogens is 1. The van der Waals surface area contributed by atoms with Crippen molar-refractivity contribution in [3.8, 4) is 11.5 Å². The number of ether oxygens (including phenoxy) is 2. The largest absolute Gasteiger partial charge is 0.454 e. The van der Waals surface area contributed by atoms with Crippen LogP contribution in [0.15, 0.2) is 18.2 Å². The molecule has 0 spiro atoms. The van der Waals surface area contributed by atoms with E-state index < -0.39 is 0 Å². The van der Waals surface area contributed by atoms with Crippen molar-refractivity contribution >= 4 is 52.8 Å². The molecule has 10 heteroatoms. The summed E-state index contributed by atoms with van der Waals surface area (Å²) >= 11 is 13.0. The summed E-state index contributed by atoms with van der Waals surface area (Å²) in [5.74, 6) is 1.31. The van der Waals surface area contributed by atoms with Crippen LogP contribution in [0.25, 0.3) is 0 Å². The van der Waals surface area contributed by atoms with E-state index in [1.807, 2.05) is 22.8 Å². The Morgan fingerprint density at radius 1 is 1.34 bits per heavy atom. The molecule has 1 saturated carbocycles. The summed E-state index contributed by atoms with van der Waals surface area (Å²) in [7, 11) is 0. The summed E-state index contributed by atoms with van der Waals surface area (Å²) in [6, 6.07) is 5.51. The van der Waals surface area contributed by atoms with Crippen LogP contribution in [-0.4, -0.2) is 28.6 Å². The van der Waals surface area contributed by atoms with E-state index in [1.54, 1.807) is 0 Å². The molecule has 3 unspecified atom stereocenters. The third kappa shape index (κ3) is 3.31. The number of nitrogens with one attached hydrogen (secondary N) is 2. The summed E-state index contributed by atoms with van der Waals surface area (Å²) in [5, 5.41) is 5.80. The first-order valence-corrected chi connectivity index (χ1v) is 11.0. The van der Waals surface area contributed by atoms with Crippen LogP contribution in [0, 0.1) is 9.87 Å². The van der Waals surface area contributed by atoms with Crippen LogP contribution in [0.4, 0.5) is 5.82 Å². The van der Waals surface area contributed by atoms with Gasteiger partial charge in [-0.15, -0.1) is 11.6 Å². The van der Waals surface area contributed by atoms with Crippen molar-refractivity contribution < 1.29 is 19.1 Å². The average molecular weight is 452 g/mol. The van der Waals surface area contributed by atoms with Crippen molar-refractivity contribution in [3.63, 3.8) is 0 Å². The maximum absolute atomic E-state index is 12.9. The highest BCUT2D eigenvalue weighted by Gasteiger charge is 2.42. The number of alkyl halides is 1. The lowest BCUT2D eigenvalue weighted by Gasteiger charge is -2.38. The van der Waals surface area contributed by atoms with Crippen molar-refractivity contribution in [1.29, 1.82) is 0 Å². The quantitative estimate of drug-likeness (QED) is 0.547. The molecule has 2 amide bonds. The molecule has 7 nitrogen and oxygen atoms in total. The van der Waals surface area contributed by atoms with Crippen LogP contribution in [-0.2, 0) is 11.3 Å². The molecule has 5 rings (SSSR count). The number of aromatic nitrogens is 1. The van der Waals surface area contributed by atoms with Gasteiger partial charge in [0.05, 0.1) is 5.92 Å². The molecule has 1 aromatic carbocycles. The zero-order chi connectivity index (χ0) is 20.1. The lowest BCUT2D eigenvalue weighted by molar-refractivity contribution is -0.123. The second kappa shape index (κ2) is 7.30. The highest BCUT2D eigenvalue weighted by atomic mass is 35.5. The van der Waals surface area contributed by atoms with Crippen molar-refractivity contribution in [2.45, 2.75) is 37.2 Å². The van der Waals surface area contributed by atoms with Gasteiger partial charge in [0, 0.05) is 18.0 Å². The maximum atomic E-state index is 12.9. The smallest absolute Gasteiger partial charge is 0.265 e. The SMILES string of the molecule is O=C(NCc1ccc2c(c1)OCO2)c1sc(=S)n2c1NC(=O)C1CC(Cl)CCC12. The van der Waals surface area contributed by atoms with E-state index in [1.165, 1.54) is 11.3 Å². The Morgan fingerprint density at radius 2 is 2.17 bits per heavy atom. The molecule has 2 aliphatic heterocycles. The van der Waals surface area contributed by atoms with Gasteiger partial charge in [0.15, 0.2) is 15.5 Å². The van der Waals surface area contributed by atoms with Crippen LogP contribution < -0.4 is 20.1 Å². The number of thiazole rings is 1. The number of benzene rings is 1. The van der Waals surface area contributed by atoms with Crippen LogP contribution in [0.1, 0.15) is 40.5 Å². The number of carbonyl (C=O) groups excluding carboxylic acids is 2. The van der Waals surface area contributed by atoms with Crippen molar-refractivity contribution in [2.24, 2.45) is 5.92 Å². The van der Waals surface area contributed by atoms with E-state index >= 15 is 0 Å². The standard InChI is InChI=1S/C19H18ClN3O4S2/c20-10-2-3-12-11(6-10)17(24)22-16-15(29-19(28)23(12)16)18(25)21-7-9-1-4-13-14(5-9)27-8-26-13/h1,4-5,10-12H,2-3,6-8H2,(H,21,25)(H,22,24). The summed E-state index contributed by atoms with van der Waals surface area (Å²) < 4.78 is 13.2. The summed E-state index contributed by atoms with van der Waals surface area (Å²) in [5.41, 5.74) is 0.892. The summed E-state index contributed by atoms with van der Waals surface area (Å²) in [6.07, 6.45) is 2.24. The third-order valence-electron chi connectivity index (χ3n) is 5.60. The molecule has 0 bridgehead atoms. The first kappa shape index (κ1) is 18.9. The van der Waals surface area contributed by atoms with Gasteiger partial charge < -0.3 is 24.7 Å². The van der Waals surface area contributed by atoms with Gasteiger partial charge in [0.2, 0.25) is 12.7 Å². The fraction of sp³-hybridized carbons (Fsp3) is 0.421. The fourth-order valence-corrected chi connectivity index (χ4v) is 5.88. The minimum absolute atomic E-state index is 0.000765. The summed E-state index contributed by atoms with van der Waals surface area (Å²) in [6.45, 7) is 0.533. The van der Waals surface area contributed by atoms with Gasteiger partial charge in [-0.25, -0.2) is 0 Å². The molecule has 1 aliphatic carbocycles. The molecule has 2 N–H and O–H groups in total. The number of nitrogens with zero attached hydrogens (tertiary/aromatic N) is 1. The number of carbonyl (C=O) groups is 2. The minimum Gasteiger partial charge on any atom is -0.454 e. The Balaban J connectivity index is 1.37. The molecule has 1 fully saturated rings. The fourth-order valence-electron chi connectivity index (χ4n) is 4.17. The van der Waals surface area contributed by atoms with Gasteiger partial charge in [-0.3, -0.25) is 9.59 Å². The minimum atomic E-state index is -0.266. The normalized spacial score (nSPS) is 24.4. The van der Waals surface area contributed by atoms with Crippen LogP contribution in [0.5, 0.6) is 11.5 Å². The second-order valence-electron chi connectivity index (χ2n) is 7.36. The van der Waals surface area contributed by atoms with Crippen molar-refractivity contribution in [2.75, 3.05) is 12.1 Å². The number of fused-ring (bicyclic) bond motifs is 4. The molecule has 0 saturated heterocycles. The van der Waals surface area contributed by atoms with E-state index in [9.17, 15) is 9.59 Å². The molecular weight excluding hydrogens is 434 g/mol. The predicted octanol–water partition coefficient (Wildman–Crippen LogP) is 3.84. The number of anilines is 1. The van der Waals surface area contributed by atoms with E-state index in [4.69, 9.17) is 33.3 Å². The molecule has 0 radical (unpaired) electrons. The monoisotopic (exact) mass is 451 g/mol. The average Bonchev–Trinajstić information content (AvgIpc) is 3.30. The van der Waals surface area contributed by atoms with E-state index in [0.29, 0.717) is 39.1 Å². The first-order chi connectivity index (χ1) is 14.0. The van der Waals surface area contributed by atoms with Gasteiger partial charge in [-0.2, -0.15) is 0 Å². The van der Waals surface area contributed by atoms with E-state index in [2.05, 4.69) is 10.6 Å². The Bertz CT molecular complexity index is 1070.